The highest BCUT2D eigenvalue weighted by atomic mass is 35.5. The molecule has 0 spiro atoms. The van der Waals surface area contributed by atoms with Crippen molar-refractivity contribution < 1.29 is 9.31 Å². The number of nitro groups is 1. The van der Waals surface area contributed by atoms with E-state index in [4.69, 9.17) is 0 Å². The van der Waals surface area contributed by atoms with Gasteiger partial charge in [0.05, 0.1) is 4.92 Å². The van der Waals surface area contributed by atoms with Crippen molar-refractivity contribution in [3.8, 4) is 0 Å². The van der Waals surface area contributed by atoms with E-state index in [9.17, 15) is 14.5 Å². The second kappa shape index (κ2) is 8.36. The van der Waals surface area contributed by atoms with Crippen LogP contribution < -0.4 is 5.32 Å². The third-order valence-corrected chi connectivity index (χ3v) is 3.34. The largest absolute Gasteiger partial charge is 0.314 e. The second-order valence-corrected chi connectivity index (χ2v) is 4.42. The van der Waals surface area contributed by atoms with Crippen LogP contribution in [0.1, 0.15) is 18.5 Å². The molecule has 0 saturated carbocycles. The zero-order valence-electron chi connectivity index (χ0n) is 11.0. The maximum Gasteiger partial charge on any atom is 0.269 e. The van der Waals surface area contributed by atoms with Gasteiger partial charge >= 0.3 is 0 Å². The van der Waals surface area contributed by atoms with E-state index in [1.54, 1.807) is 0 Å². The summed E-state index contributed by atoms with van der Waals surface area (Å²) >= 11 is 0. The Kier molecular flexibility index (Phi) is 7.96. The van der Waals surface area contributed by atoms with E-state index in [0.717, 1.165) is 26.2 Å². The van der Waals surface area contributed by atoms with Crippen molar-refractivity contribution >= 4 is 30.5 Å². The maximum absolute atomic E-state index is 13.8. The molecule has 0 bridgehead atoms. The molecule has 0 aromatic heterocycles. The van der Waals surface area contributed by atoms with Crippen molar-refractivity contribution in [1.82, 2.24) is 10.2 Å². The van der Waals surface area contributed by atoms with Crippen molar-refractivity contribution in [2.75, 3.05) is 26.2 Å². The number of benzene rings is 1. The van der Waals surface area contributed by atoms with Crippen LogP contribution in [-0.4, -0.2) is 36.0 Å². The van der Waals surface area contributed by atoms with Crippen LogP contribution in [0.3, 0.4) is 0 Å². The Balaban J connectivity index is 0.00000180. The third kappa shape index (κ3) is 4.28. The van der Waals surface area contributed by atoms with Gasteiger partial charge in [0, 0.05) is 49.9 Å². The molecule has 0 unspecified atom stereocenters. The number of non-ortho nitro benzene ring substituents is 1. The van der Waals surface area contributed by atoms with Gasteiger partial charge in [-0.25, -0.2) is 4.39 Å². The number of nitrogens with one attached hydrogen (secondary N) is 1. The van der Waals surface area contributed by atoms with Crippen molar-refractivity contribution in [2.45, 2.75) is 13.0 Å². The third-order valence-electron chi connectivity index (χ3n) is 3.34. The van der Waals surface area contributed by atoms with Gasteiger partial charge < -0.3 is 5.32 Å². The zero-order chi connectivity index (χ0) is 13.1. The van der Waals surface area contributed by atoms with Gasteiger partial charge in [0.15, 0.2) is 0 Å². The Morgan fingerprint density at radius 1 is 1.35 bits per heavy atom. The Morgan fingerprint density at radius 2 is 1.95 bits per heavy atom. The Hall–Kier alpha value is -0.950. The lowest BCUT2D eigenvalue weighted by molar-refractivity contribution is -0.385. The summed E-state index contributed by atoms with van der Waals surface area (Å²) in [7, 11) is 0. The van der Waals surface area contributed by atoms with E-state index in [1.807, 2.05) is 6.92 Å². The molecule has 114 valence electrons. The summed E-state index contributed by atoms with van der Waals surface area (Å²) in [6.07, 6.45) is 0. The van der Waals surface area contributed by atoms with Crippen LogP contribution in [0.25, 0.3) is 0 Å². The summed E-state index contributed by atoms with van der Waals surface area (Å²) in [5.74, 6) is -0.383. The lowest BCUT2D eigenvalue weighted by atomic mass is 10.0. The first kappa shape index (κ1) is 19.1. The van der Waals surface area contributed by atoms with Gasteiger partial charge in [-0.15, -0.1) is 24.8 Å². The van der Waals surface area contributed by atoms with E-state index in [-0.39, 0.29) is 42.4 Å². The van der Waals surface area contributed by atoms with Crippen LogP contribution in [0.2, 0.25) is 0 Å². The second-order valence-electron chi connectivity index (χ2n) is 4.42. The molecular weight excluding hydrogens is 308 g/mol. The topological polar surface area (TPSA) is 58.4 Å². The fourth-order valence-corrected chi connectivity index (χ4v) is 2.23. The van der Waals surface area contributed by atoms with Gasteiger partial charge in [-0.3, -0.25) is 15.0 Å². The molecule has 0 radical (unpaired) electrons. The number of halogens is 3. The summed E-state index contributed by atoms with van der Waals surface area (Å²) in [4.78, 5) is 12.4. The van der Waals surface area contributed by atoms with Gasteiger partial charge in [-0.05, 0) is 13.0 Å². The number of nitro benzene ring substituents is 1. The standard InChI is InChI=1S/C12H16FN3O2.2ClH/c1-9(15-6-4-14-5-7-15)11-8-10(16(17)18)2-3-12(11)13;;/h2-3,8-9,14H,4-7H2,1H3;2*1H/t9-;;/m0../s1. The highest BCUT2D eigenvalue weighted by molar-refractivity contribution is 5.85. The fourth-order valence-electron chi connectivity index (χ4n) is 2.23. The molecule has 1 atom stereocenters. The van der Waals surface area contributed by atoms with Gasteiger partial charge in [-0.2, -0.15) is 0 Å². The predicted molar refractivity (Wildman–Crippen MR) is 80.4 cm³/mol. The predicted octanol–water partition coefficient (Wildman–Crippen LogP) is 2.54. The van der Waals surface area contributed by atoms with Gasteiger partial charge in [-0.1, -0.05) is 0 Å². The molecule has 2 rings (SSSR count). The van der Waals surface area contributed by atoms with E-state index >= 15 is 0 Å². The van der Waals surface area contributed by atoms with Crippen molar-refractivity contribution in [2.24, 2.45) is 0 Å². The monoisotopic (exact) mass is 325 g/mol. The molecule has 1 fully saturated rings. The molecular formula is C12H18Cl2FN3O2. The minimum absolute atomic E-state index is 0. The van der Waals surface area contributed by atoms with E-state index in [0.29, 0.717) is 5.56 Å². The van der Waals surface area contributed by atoms with Gasteiger partial charge in [0.25, 0.3) is 5.69 Å². The summed E-state index contributed by atoms with van der Waals surface area (Å²) in [5, 5.41) is 13.9. The molecule has 1 N–H and O–H groups in total. The van der Waals surface area contributed by atoms with Crippen LogP contribution in [0, 0.1) is 15.9 Å². The SMILES string of the molecule is C[C@@H](c1cc([N+](=O)[O-])ccc1F)N1CCNCC1.Cl.Cl. The van der Waals surface area contributed by atoms with Crippen molar-refractivity contribution in [3.63, 3.8) is 0 Å². The van der Waals surface area contributed by atoms with Crippen molar-refractivity contribution in [1.29, 1.82) is 0 Å². The minimum Gasteiger partial charge on any atom is -0.314 e. The minimum atomic E-state index is -0.493. The highest BCUT2D eigenvalue weighted by Gasteiger charge is 2.22. The Morgan fingerprint density at radius 3 is 2.50 bits per heavy atom. The fraction of sp³-hybridized carbons (Fsp3) is 0.500. The molecule has 0 amide bonds. The van der Waals surface area contributed by atoms with Crippen LogP contribution in [0.5, 0.6) is 0 Å². The van der Waals surface area contributed by atoms with E-state index < -0.39 is 4.92 Å². The lowest BCUT2D eigenvalue weighted by Gasteiger charge is -2.33. The first-order valence-electron chi connectivity index (χ1n) is 5.98. The van der Waals surface area contributed by atoms with Crippen LogP contribution >= 0.6 is 24.8 Å². The summed E-state index contributed by atoms with van der Waals surface area (Å²) in [6, 6.07) is 3.56. The smallest absolute Gasteiger partial charge is 0.269 e. The van der Waals surface area contributed by atoms with Gasteiger partial charge in [0.1, 0.15) is 5.82 Å². The summed E-state index contributed by atoms with van der Waals surface area (Å²) in [5.41, 5.74) is 0.333. The van der Waals surface area contributed by atoms with E-state index in [1.165, 1.54) is 18.2 Å². The van der Waals surface area contributed by atoms with Crippen LogP contribution in [-0.2, 0) is 0 Å². The average molecular weight is 326 g/mol. The first-order chi connectivity index (χ1) is 8.59. The highest BCUT2D eigenvalue weighted by Crippen LogP contribution is 2.26. The molecule has 8 heteroatoms. The maximum atomic E-state index is 13.8. The normalized spacial score (nSPS) is 16.7. The molecule has 1 heterocycles. The molecule has 20 heavy (non-hydrogen) atoms. The summed E-state index contributed by atoms with van der Waals surface area (Å²) < 4.78 is 13.8. The molecule has 5 nitrogen and oxygen atoms in total. The molecule has 1 aliphatic rings. The number of hydrogen-bond acceptors (Lipinski definition) is 4. The van der Waals surface area contributed by atoms with Crippen molar-refractivity contribution in [3.05, 3.63) is 39.7 Å². The molecule has 1 aliphatic heterocycles. The van der Waals surface area contributed by atoms with Crippen LogP contribution in [0.4, 0.5) is 10.1 Å². The zero-order valence-corrected chi connectivity index (χ0v) is 12.7. The number of rotatable bonds is 3. The molecule has 0 aliphatic carbocycles. The van der Waals surface area contributed by atoms with Crippen LogP contribution in [0.15, 0.2) is 18.2 Å². The Labute approximate surface area is 129 Å². The van der Waals surface area contributed by atoms with E-state index in [2.05, 4.69) is 10.2 Å². The quantitative estimate of drug-likeness (QED) is 0.685. The summed E-state index contributed by atoms with van der Waals surface area (Å²) in [6.45, 7) is 5.25. The number of nitrogens with zero attached hydrogens (tertiary/aromatic N) is 2. The average Bonchev–Trinajstić information content (AvgIpc) is 2.39. The number of piperazine rings is 1. The Bertz CT molecular complexity index is 456. The van der Waals surface area contributed by atoms with Gasteiger partial charge in [0.2, 0.25) is 0 Å². The molecule has 1 aromatic carbocycles. The molecule has 1 aromatic rings. The molecule has 1 saturated heterocycles. The first-order valence-corrected chi connectivity index (χ1v) is 5.98. The lowest BCUT2D eigenvalue weighted by Crippen LogP contribution is -2.44. The number of hydrogen-bond donors (Lipinski definition) is 1.